The van der Waals surface area contributed by atoms with Crippen molar-refractivity contribution in [3.63, 3.8) is 0 Å². The minimum atomic E-state index is -4.46. The molecule has 0 bridgehead atoms. The van der Waals surface area contributed by atoms with E-state index in [-0.39, 0.29) is 24.0 Å². The van der Waals surface area contributed by atoms with Crippen LogP contribution in [0.4, 0.5) is 24.5 Å². The van der Waals surface area contributed by atoms with Crippen molar-refractivity contribution in [2.75, 3.05) is 24.3 Å². The van der Waals surface area contributed by atoms with E-state index in [1.54, 1.807) is 12.1 Å². The number of fused-ring (bicyclic) bond motifs is 2. The maximum atomic E-state index is 14.0. The molecular formula is C32H30ClF3N8O. The van der Waals surface area contributed by atoms with Gasteiger partial charge in [0.05, 0.1) is 46.7 Å². The van der Waals surface area contributed by atoms with Gasteiger partial charge in [-0.05, 0) is 48.1 Å². The molecule has 0 unspecified atom stereocenters. The number of nitrogens with zero attached hydrogens (tertiary/aromatic N) is 6. The fourth-order valence-corrected chi connectivity index (χ4v) is 5.62. The van der Waals surface area contributed by atoms with E-state index in [4.69, 9.17) is 16.3 Å². The molecule has 13 heteroatoms. The molecule has 2 aromatic carbocycles. The first-order chi connectivity index (χ1) is 21.3. The monoisotopic (exact) mass is 634 g/mol. The van der Waals surface area contributed by atoms with Gasteiger partial charge in [-0.2, -0.15) is 18.4 Å². The number of alkyl halides is 3. The van der Waals surface area contributed by atoms with Crippen molar-refractivity contribution in [1.29, 1.82) is 5.26 Å². The van der Waals surface area contributed by atoms with Crippen LogP contribution in [-0.4, -0.2) is 44.8 Å². The molecule has 3 aromatic heterocycles. The molecule has 2 N–H and O–H groups in total. The van der Waals surface area contributed by atoms with Gasteiger partial charge in [0.1, 0.15) is 11.8 Å². The average Bonchev–Trinajstić information content (AvgIpc) is 3.68. The van der Waals surface area contributed by atoms with Gasteiger partial charge in [0.15, 0.2) is 5.54 Å². The summed E-state index contributed by atoms with van der Waals surface area (Å²) in [4.78, 5) is 8.98. The zero-order valence-corrected chi connectivity index (χ0v) is 25.8. The summed E-state index contributed by atoms with van der Waals surface area (Å²) in [6.45, 7) is 6.81. The molecule has 3 heterocycles. The van der Waals surface area contributed by atoms with Crippen molar-refractivity contribution < 1.29 is 17.9 Å². The fourth-order valence-electron chi connectivity index (χ4n) is 5.35. The number of anilines is 2. The van der Waals surface area contributed by atoms with Gasteiger partial charge in [0.2, 0.25) is 5.88 Å². The number of ether oxygens (including phenoxy) is 1. The Balaban J connectivity index is 1.50. The molecule has 0 radical (unpaired) electrons. The number of methoxy groups -OCH3 is 1. The predicted molar refractivity (Wildman–Crippen MR) is 166 cm³/mol. The highest BCUT2D eigenvalue weighted by Crippen LogP contribution is 2.55. The van der Waals surface area contributed by atoms with Crippen molar-refractivity contribution in [2.45, 2.75) is 51.4 Å². The number of pyridine rings is 2. The molecule has 1 fully saturated rings. The molecule has 0 spiro atoms. The van der Waals surface area contributed by atoms with E-state index >= 15 is 0 Å². The zero-order valence-electron chi connectivity index (χ0n) is 25.0. The molecule has 9 nitrogen and oxygen atoms in total. The highest BCUT2D eigenvalue weighted by molar-refractivity contribution is 6.35. The van der Waals surface area contributed by atoms with Gasteiger partial charge in [-0.3, -0.25) is 4.98 Å². The molecule has 0 aliphatic heterocycles. The lowest BCUT2D eigenvalue weighted by molar-refractivity contribution is -0.182. The Morgan fingerprint density at radius 2 is 1.91 bits per heavy atom. The van der Waals surface area contributed by atoms with E-state index in [2.05, 4.69) is 57.8 Å². The van der Waals surface area contributed by atoms with Crippen LogP contribution in [0, 0.1) is 16.7 Å². The van der Waals surface area contributed by atoms with E-state index in [0.29, 0.717) is 56.4 Å². The molecule has 6 rings (SSSR count). The smallest absolute Gasteiger partial charge is 0.413 e. The van der Waals surface area contributed by atoms with Gasteiger partial charge >= 0.3 is 6.18 Å². The first kappa shape index (κ1) is 30.4. The van der Waals surface area contributed by atoms with Crippen LogP contribution in [0.1, 0.15) is 56.5 Å². The summed E-state index contributed by atoms with van der Waals surface area (Å²) in [6.07, 6.45) is -1.75. The SMILES string of the molecule is COc1ccc2c([C@H](Nc3cc(Cl)c4ncc(C#N)c(NCC(C)(C)C)c4c3)c3cn(C4(C(F)(F)F)CC4)nn3)cccc2n1. The summed E-state index contributed by atoms with van der Waals surface area (Å²) in [5, 5.41) is 26.6. The fraction of sp³-hybridized carbons (Fsp3) is 0.344. The van der Waals surface area contributed by atoms with E-state index < -0.39 is 17.8 Å². The number of hydrogen-bond donors (Lipinski definition) is 2. The Bertz CT molecular complexity index is 1960. The number of nitriles is 1. The highest BCUT2D eigenvalue weighted by Gasteiger charge is 2.66. The Labute approximate surface area is 262 Å². The zero-order chi connectivity index (χ0) is 32.1. The molecule has 5 aromatic rings. The van der Waals surface area contributed by atoms with E-state index in [0.717, 1.165) is 10.1 Å². The summed E-state index contributed by atoms with van der Waals surface area (Å²) in [5.74, 6) is 0.424. The molecule has 1 aliphatic rings. The van der Waals surface area contributed by atoms with Crippen LogP contribution in [-0.2, 0) is 5.54 Å². The van der Waals surface area contributed by atoms with Crippen LogP contribution < -0.4 is 15.4 Å². The maximum Gasteiger partial charge on any atom is 0.413 e. The largest absolute Gasteiger partial charge is 0.481 e. The lowest BCUT2D eigenvalue weighted by Crippen LogP contribution is -2.35. The minimum Gasteiger partial charge on any atom is -0.481 e. The summed E-state index contributed by atoms with van der Waals surface area (Å²) >= 11 is 6.75. The van der Waals surface area contributed by atoms with Crippen molar-refractivity contribution in [2.24, 2.45) is 5.41 Å². The van der Waals surface area contributed by atoms with Gasteiger partial charge in [0.25, 0.3) is 0 Å². The van der Waals surface area contributed by atoms with E-state index in [1.165, 1.54) is 19.5 Å². The van der Waals surface area contributed by atoms with Crippen molar-refractivity contribution >= 4 is 44.8 Å². The third-order valence-corrected chi connectivity index (χ3v) is 8.20. The number of hydrogen-bond acceptors (Lipinski definition) is 8. The number of benzene rings is 2. The Kier molecular flexibility index (Phi) is 7.48. The summed E-state index contributed by atoms with van der Waals surface area (Å²) in [6, 6.07) is 14.0. The lowest BCUT2D eigenvalue weighted by Gasteiger charge is -2.23. The average molecular weight is 635 g/mol. The molecule has 1 saturated carbocycles. The van der Waals surface area contributed by atoms with Gasteiger partial charge < -0.3 is 15.4 Å². The van der Waals surface area contributed by atoms with Gasteiger partial charge in [0, 0.05) is 35.3 Å². The van der Waals surface area contributed by atoms with E-state index in [9.17, 15) is 18.4 Å². The number of halogens is 4. The summed E-state index contributed by atoms with van der Waals surface area (Å²) in [5.41, 5.74) is 1.46. The summed E-state index contributed by atoms with van der Waals surface area (Å²) in [7, 11) is 1.52. The van der Waals surface area contributed by atoms with Crippen LogP contribution in [0.3, 0.4) is 0 Å². The predicted octanol–water partition coefficient (Wildman–Crippen LogP) is 7.62. The molecule has 0 amide bonds. The lowest BCUT2D eigenvalue weighted by atomic mass is 9.96. The highest BCUT2D eigenvalue weighted by atomic mass is 35.5. The molecule has 1 aliphatic carbocycles. The van der Waals surface area contributed by atoms with Crippen LogP contribution in [0.15, 0.2) is 54.9 Å². The Morgan fingerprint density at radius 1 is 1.13 bits per heavy atom. The summed E-state index contributed by atoms with van der Waals surface area (Å²) < 4.78 is 48.2. The number of rotatable bonds is 8. The first-order valence-electron chi connectivity index (χ1n) is 14.3. The van der Waals surface area contributed by atoms with Crippen LogP contribution in [0.2, 0.25) is 5.02 Å². The standard InChI is InChI=1S/C32H30ClF3N8O/c1-30(2,3)17-39-27-18(14-37)15-38-28-22(27)12-19(13-23(28)33)40-29(21-6-5-7-24-20(21)8-9-26(41-24)45-4)25-16-44(43-42-25)31(10-11-31)32(34,35)36/h5-9,12-13,15-16,29,40H,10-11,17H2,1-4H3,(H,38,39)/t29-/m0/s1. The topological polar surface area (TPSA) is 114 Å². The molecule has 232 valence electrons. The van der Waals surface area contributed by atoms with Gasteiger partial charge in [-0.25, -0.2) is 9.67 Å². The van der Waals surface area contributed by atoms with Crippen LogP contribution in [0.25, 0.3) is 21.8 Å². The Morgan fingerprint density at radius 3 is 2.58 bits per heavy atom. The van der Waals surface area contributed by atoms with E-state index in [1.807, 2.05) is 30.3 Å². The molecule has 0 saturated heterocycles. The Hall–Kier alpha value is -4.63. The third-order valence-electron chi connectivity index (χ3n) is 7.91. The normalized spacial score (nSPS) is 15.1. The maximum absolute atomic E-state index is 14.0. The molecule has 45 heavy (non-hydrogen) atoms. The second-order valence-electron chi connectivity index (χ2n) is 12.4. The van der Waals surface area contributed by atoms with Gasteiger partial charge in [-0.1, -0.05) is 49.7 Å². The van der Waals surface area contributed by atoms with Crippen molar-refractivity contribution in [3.05, 3.63) is 76.7 Å². The number of nitrogens with one attached hydrogen (secondary N) is 2. The molecule has 1 atom stereocenters. The van der Waals surface area contributed by atoms with Crippen molar-refractivity contribution in [3.8, 4) is 11.9 Å². The second kappa shape index (κ2) is 11.1. The quantitative estimate of drug-likeness (QED) is 0.179. The number of aromatic nitrogens is 5. The first-order valence-corrected chi connectivity index (χ1v) is 14.7. The van der Waals surface area contributed by atoms with Crippen LogP contribution >= 0.6 is 11.6 Å². The van der Waals surface area contributed by atoms with Gasteiger partial charge in [-0.15, -0.1) is 5.10 Å². The minimum absolute atomic E-state index is 0.0613. The van der Waals surface area contributed by atoms with Crippen molar-refractivity contribution in [1.82, 2.24) is 25.0 Å². The second-order valence-corrected chi connectivity index (χ2v) is 12.8. The molecular weight excluding hydrogens is 605 g/mol. The van der Waals surface area contributed by atoms with Crippen LogP contribution in [0.5, 0.6) is 5.88 Å². The third kappa shape index (κ3) is 5.68.